The first-order valence-electron chi connectivity index (χ1n) is 25.1. The Labute approximate surface area is 421 Å². The number of rotatable bonds is 18. The number of ketones is 2. The van der Waals surface area contributed by atoms with Crippen molar-refractivity contribution in [3.63, 3.8) is 0 Å². The van der Waals surface area contributed by atoms with Crippen LogP contribution < -0.4 is 31.4 Å². The Hall–Kier alpha value is -5.82. The summed E-state index contributed by atoms with van der Waals surface area (Å²) in [6.45, 7) is 1.22. The number of fused-ring (bicyclic) bond motifs is 4. The van der Waals surface area contributed by atoms with Gasteiger partial charge in [0.2, 0.25) is 11.2 Å². The summed E-state index contributed by atoms with van der Waals surface area (Å²) in [5, 5.41) is 35.0. The van der Waals surface area contributed by atoms with Gasteiger partial charge in [-0.3, -0.25) is 28.9 Å². The number of carbonyl (C=O) groups excluding carboxylic acids is 5. The number of carbonyl (C=O) groups is 5. The zero-order chi connectivity index (χ0) is 51.7. The molecule has 1 amide bonds. The normalized spacial score (nSPS) is 24.2. The number of Topliss-reactive ketones (excluding diaryl/α,β-unsaturated/α-hetero) is 2. The summed E-state index contributed by atoms with van der Waals surface area (Å²) >= 11 is 6.92. The van der Waals surface area contributed by atoms with Crippen LogP contribution in [0.1, 0.15) is 122 Å². The van der Waals surface area contributed by atoms with E-state index in [2.05, 4.69) is 0 Å². The van der Waals surface area contributed by atoms with E-state index in [9.17, 15) is 44.1 Å². The number of nitrogens with two attached hydrogens (primary N) is 2. The third kappa shape index (κ3) is 8.85. The number of nitrogens with zero attached hydrogens (tertiary/aromatic N) is 4. The van der Waals surface area contributed by atoms with Crippen LogP contribution in [-0.2, 0) is 25.5 Å². The van der Waals surface area contributed by atoms with Crippen molar-refractivity contribution in [2.75, 3.05) is 57.7 Å². The highest BCUT2D eigenvalue weighted by Gasteiger charge is 2.63. The number of unbranched alkanes of at least 4 members (excludes halogenated alkanes) is 7. The summed E-state index contributed by atoms with van der Waals surface area (Å²) in [7, 11) is 6.77. The molecule has 6 aliphatic rings. The molecule has 0 bridgehead atoms. The van der Waals surface area contributed by atoms with Gasteiger partial charge in [0.25, 0.3) is 5.91 Å². The number of aliphatic hydroxyl groups excluding tert-OH is 2. The van der Waals surface area contributed by atoms with E-state index in [4.69, 9.17) is 32.5 Å². The van der Waals surface area contributed by atoms with Crippen LogP contribution in [-0.4, -0.2) is 120 Å². The predicted molar refractivity (Wildman–Crippen MR) is 267 cm³/mol. The van der Waals surface area contributed by atoms with Crippen molar-refractivity contribution in [2.45, 2.75) is 120 Å². The molecule has 72 heavy (non-hydrogen) atoms. The quantitative estimate of drug-likeness (QED) is 0.0417. The summed E-state index contributed by atoms with van der Waals surface area (Å²) in [6, 6.07) is 3.34. The van der Waals surface area contributed by atoms with E-state index in [1.54, 1.807) is 34.3 Å². The SMILES string of the molecule is CN(C)c1ccc(OC(=O)CCCCCCCCCCOC(=O)c2cn(C3CC3)c3c(Cl)c(N4C[C@@H](N)C5(CC5)C4)c(F)cc3c2=O)c2c1C[C@@H]1C[C@@H]3[C@@H](N(C)C)C(O)=C(C(N)=O)C(=O)[C@]3(O)C(O)=C1C2=O. The lowest BCUT2D eigenvalue weighted by Gasteiger charge is -2.50. The highest BCUT2D eigenvalue weighted by Crippen LogP contribution is 2.55. The monoisotopic (exact) mass is 1010 g/mol. The summed E-state index contributed by atoms with van der Waals surface area (Å²) < 4.78 is 29.0. The van der Waals surface area contributed by atoms with Gasteiger partial charge < -0.3 is 50.6 Å². The van der Waals surface area contributed by atoms with Crippen molar-refractivity contribution < 1.29 is 53.2 Å². The molecular weight excluding hydrogens is 951 g/mol. The van der Waals surface area contributed by atoms with E-state index < -0.39 is 81.2 Å². The molecular formula is C53H64ClFN6O11. The van der Waals surface area contributed by atoms with Crippen molar-refractivity contribution in [1.82, 2.24) is 9.47 Å². The zero-order valence-corrected chi connectivity index (χ0v) is 42.0. The van der Waals surface area contributed by atoms with Crippen LogP contribution in [0.5, 0.6) is 5.75 Å². The number of likely N-dealkylation sites (N-methyl/N-ethyl adjacent to an activating group) is 1. The Morgan fingerprint density at radius 3 is 2.25 bits per heavy atom. The Kier molecular flexibility index (Phi) is 13.9. The molecule has 0 radical (unpaired) electrons. The maximum atomic E-state index is 15.8. The summed E-state index contributed by atoms with van der Waals surface area (Å²) in [6.07, 6.45) is 11.7. The van der Waals surface area contributed by atoms with Crippen molar-refractivity contribution in [2.24, 2.45) is 28.7 Å². The molecule has 1 spiro atoms. The van der Waals surface area contributed by atoms with Gasteiger partial charge in [0.15, 0.2) is 11.4 Å². The molecule has 17 nitrogen and oxygen atoms in total. The molecule has 3 aromatic rings. The number of amides is 1. The van der Waals surface area contributed by atoms with Crippen LogP contribution >= 0.6 is 11.6 Å². The zero-order valence-electron chi connectivity index (χ0n) is 41.2. The molecule has 19 heteroatoms. The number of aromatic nitrogens is 1. The number of esters is 2. The highest BCUT2D eigenvalue weighted by atomic mass is 35.5. The van der Waals surface area contributed by atoms with E-state index in [0.29, 0.717) is 42.7 Å². The van der Waals surface area contributed by atoms with Gasteiger partial charge in [-0.2, -0.15) is 0 Å². The molecule has 2 aromatic carbocycles. The lowest BCUT2D eigenvalue weighted by Crippen LogP contribution is -2.63. The van der Waals surface area contributed by atoms with Crippen LogP contribution in [0.25, 0.3) is 10.9 Å². The van der Waals surface area contributed by atoms with Crippen LogP contribution in [0.15, 0.2) is 51.9 Å². The van der Waals surface area contributed by atoms with Gasteiger partial charge in [0.05, 0.1) is 39.8 Å². The minimum Gasteiger partial charge on any atom is -0.510 e. The number of allylic oxidation sites excluding steroid dienone is 1. The molecule has 1 aromatic heterocycles. The Morgan fingerprint density at radius 2 is 1.64 bits per heavy atom. The fourth-order valence-electron chi connectivity index (χ4n) is 11.9. The largest absolute Gasteiger partial charge is 0.510 e. The average Bonchev–Trinajstić information content (AvgIpc) is 4.26. The lowest BCUT2D eigenvalue weighted by atomic mass is 9.58. The second kappa shape index (κ2) is 19.6. The first kappa shape index (κ1) is 51.1. The van der Waals surface area contributed by atoms with Crippen molar-refractivity contribution in [1.29, 1.82) is 0 Å². The van der Waals surface area contributed by atoms with Gasteiger partial charge in [0, 0.05) is 74.5 Å². The number of primary amides is 1. The van der Waals surface area contributed by atoms with Gasteiger partial charge >= 0.3 is 11.9 Å². The number of pyridine rings is 1. The van der Waals surface area contributed by atoms with E-state index in [1.807, 2.05) is 14.4 Å². The molecule has 7 N–H and O–H groups in total. The van der Waals surface area contributed by atoms with Gasteiger partial charge in [-0.25, -0.2) is 9.18 Å². The van der Waals surface area contributed by atoms with E-state index in [0.717, 1.165) is 64.2 Å². The van der Waals surface area contributed by atoms with Crippen LogP contribution in [0.2, 0.25) is 5.02 Å². The molecule has 1 saturated heterocycles. The first-order chi connectivity index (χ1) is 34.2. The number of hydrogen-bond donors (Lipinski definition) is 5. The van der Waals surface area contributed by atoms with Crippen LogP contribution in [0.3, 0.4) is 0 Å². The maximum Gasteiger partial charge on any atom is 0.343 e. The topological polar surface area (TPSA) is 248 Å². The van der Waals surface area contributed by atoms with Crippen molar-refractivity contribution >= 4 is 63.3 Å². The first-order valence-corrected chi connectivity index (χ1v) is 25.5. The van der Waals surface area contributed by atoms with Gasteiger partial charge in [-0.05, 0) is 95.1 Å². The second-order valence-electron chi connectivity index (χ2n) is 21.3. The van der Waals surface area contributed by atoms with Crippen LogP contribution in [0, 0.1) is 23.1 Å². The lowest BCUT2D eigenvalue weighted by molar-refractivity contribution is -0.148. The third-order valence-electron chi connectivity index (χ3n) is 16.0. The van der Waals surface area contributed by atoms with Gasteiger partial charge in [-0.15, -0.1) is 0 Å². The molecule has 386 valence electrons. The Balaban J connectivity index is 0.749. The number of ether oxygens (including phenoxy) is 2. The third-order valence-corrected chi connectivity index (χ3v) is 16.4. The smallest absolute Gasteiger partial charge is 0.343 e. The minimum atomic E-state index is -2.73. The minimum absolute atomic E-state index is 0.00564. The molecule has 1 aliphatic heterocycles. The number of aliphatic hydroxyl groups is 3. The summed E-state index contributed by atoms with van der Waals surface area (Å²) in [4.78, 5) is 86.0. The average molecular weight is 1020 g/mol. The predicted octanol–water partition coefficient (Wildman–Crippen LogP) is 6.12. The van der Waals surface area contributed by atoms with Crippen molar-refractivity contribution in [3.05, 3.63) is 84.8 Å². The van der Waals surface area contributed by atoms with Crippen LogP contribution in [0.4, 0.5) is 15.8 Å². The van der Waals surface area contributed by atoms with E-state index in [-0.39, 0.29) is 81.9 Å². The molecule has 5 atom stereocenters. The van der Waals surface area contributed by atoms with E-state index >= 15 is 4.39 Å². The second-order valence-corrected chi connectivity index (χ2v) is 21.6. The Bertz CT molecular complexity index is 2910. The Morgan fingerprint density at radius 1 is 0.972 bits per heavy atom. The molecule has 5 aliphatic carbocycles. The molecule has 2 saturated carbocycles. The fraction of sp³-hybridized carbons (Fsp3) is 0.547. The highest BCUT2D eigenvalue weighted by molar-refractivity contribution is 6.38. The number of anilines is 2. The fourth-order valence-corrected chi connectivity index (χ4v) is 12.3. The standard InChI is InChI=1S/C53H64ClFN6O11/c1-58(2)34-16-17-35(39-29(34)21-27-22-32-43(59(3)4)47(65)40(50(57)68)49(67)53(32,70)48(66)38(27)46(39)64)72-37(62)13-11-9-7-5-6-8-10-12-20-71-51(69)31-24-61(28-14-15-28)42-30(45(31)63)23-33(55)44(41(42)54)60-25-36(56)52(26-60)18-19-52/h16-17,23-24,27-28,32,36,43,65-66,70H,5-15,18-22,25-26,56H2,1-4H3,(H2,57,68)/t27-,32-,36-,43-,53-/m1/s1. The molecule has 0 unspecified atom stereocenters. The van der Waals surface area contributed by atoms with Gasteiger partial charge in [-0.1, -0.05) is 50.1 Å². The maximum absolute atomic E-state index is 15.8. The molecule has 3 fully saturated rings. The molecule has 2 heterocycles. The number of halogens is 2. The summed E-state index contributed by atoms with van der Waals surface area (Å²) in [5.41, 5.74) is 9.26. The molecule has 9 rings (SSSR count). The number of hydrogen-bond acceptors (Lipinski definition) is 15. The van der Waals surface area contributed by atoms with E-state index in [1.165, 1.54) is 23.2 Å². The van der Waals surface area contributed by atoms with Crippen molar-refractivity contribution in [3.8, 4) is 5.75 Å². The summed E-state index contributed by atoms with van der Waals surface area (Å²) in [5.74, 6) is -8.58. The number of benzene rings is 2. The van der Waals surface area contributed by atoms with Gasteiger partial charge in [0.1, 0.15) is 34.2 Å².